The Bertz CT molecular complexity index is 601. The lowest BCUT2D eigenvalue weighted by atomic mass is 10.2. The van der Waals surface area contributed by atoms with E-state index in [-0.39, 0.29) is 6.10 Å². The van der Waals surface area contributed by atoms with Crippen molar-refractivity contribution < 1.29 is 4.74 Å². The second kappa shape index (κ2) is 5.54. The molecular formula is C16H23N3O. The number of fused-ring (bicyclic) bond motifs is 1. The van der Waals surface area contributed by atoms with E-state index in [2.05, 4.69) is 29.7 Å². The van der Waals surface area contributed by atoms with Gasteiger partial charge in [-0.3, -0.25) is 0 Å². The Balaban J connectivity index is 1.95. The molecule has 0 spiro atoms. The number of rotatable bonds is 6. The lowest BCUT2D eigenvalue weighted by Gasteiger charge is -2.11. The molecule has 108 valence electrons. The van der Waals surface area contributed by atoms with Crippen LogP contribution in [0.2, 0.25) is 0 Å². The maximum Gasteiger partial charge on any atom is 0.110 e. The van der Waals surface area contributed by atoms with E-state index in [9.17, 15) is 0 Å². The summed E-state index contributed by atoms with van der Waals surface area (Å²) >= 11 is 0. The topological polar surface area (TPSA) is 53.1 Å². The lowest BCUT2D eigenvalue weighted by Crippen LogP contribution is -2.09. The number of methoxy groups -OCH3 is 1. The zero-order valence-electron chi connectivity index (χ0n) is 12.3. The van der Waals surface area contributed by atoms with Crippen LogP contribution in [0.25, 0.3) is 11.0 Å². The number of nitrogens with zero attached hydrogens (tertiary/aromatic N) is 2. The Morgan fingerprint density at radius 3 is 2.90 bits per heavy atom. The van der Waals surface area contributed by atoms with Crippen LogP contribution in [0.4, 0.5) is 0 Å². The van der Waals surface area contributed by atoms with Crippen molar-refractivity contribution in [3.05, 3.63) is 29.6 Å². The molecule has 20 heavy (non-hydrogen) atoms. The van der Waals surface area contributed by atoms with Crippen LogP contribution < -0.4 is 5.73 Å². The van der Waals surface area contributed by atoms with E-state index in [1.165, 1.54) is 24.2 Å². The Labute approximate surface area is 119 Å². The molecule has 0 aliphatic heterocycles. The van der Waals surface area contributed by atoms with Gasteiger partial charge in [-0.15, -0.1) is 0 Å². The summed E-state index contributed by atoms with van der Waals surface area (Å²) in [4.78, 5) is 4.84. The molecule has 1 aromatic carbocycles. The predicted molar refractivity (Wildman–Crippen MR) is 80.7 cm³/mol. The first-order valence-electron chi connectivity index (χ1n) is 7.45. The van der Waals surface area contributed by atoms with Crippen molar-refractivity contribution in [2.75, 3.05) is 7.11 Å². The van der Waals surface area contributed by atoms with Crippen LogP contribution in [-0.2, 0) is 17.7 Å². The molecule has 1 saturated carbocycles. The third kappa shape index (κ3) is 2.58. The number of imidazole rings is 1. The van der Waals surface area contributed by atoms with E-state index >= 15 is 0 Å². The normalized spacial score (nSPS) is 16.8. The van der Waals surface area contributed by atoms with Gasteiger partial charge in [0, 0.05) is 26.1 Å². The van der Waals surface area contributed by atoms with Crippen LogP contribution in [0.3, 0.4) is 0 Å². The van der Waals surface area contributed by atoms with Gasteiger partial charge in [0.25, 0.3) is 0 Å². The summed E-state index contributed by atoms with van der Waals surface area (Å²) in [6, 6.07) is 7.06. The van der Waals surface area contributed by atoms with Gasteiger partial charge >= 0.3 is 0 Å². The third-order valence-electron chi connectivity index (χ3n) is 4.15. The maximum atomic E-state index is 5.72. The van der Waals surface area contributed by atoms with E-state index in [1.54, 1.807) is 7.11 Å². The molecule has 1 aromatic heterocycles. The van der Waals surface area contributed by atoms with Gasteiger partial charge in [-0.1, -0.05) is 6.07 Å². The van der Waals surface area contributed by atoms with Gasteiger partial charge < -0.3 is 15.0 Å². The molecule has 4 nitrogen and oxygen atoms in total. The fraction of sp³-hybridized carbons (Fsp3) is 0.562. The average molecular weight is 273 g/mol. The number of benzene rings is 1. The highest BCUT2D eigenvalue weighted by Gasteiger charge is 2.28. The highest BCUT2D eigenvalue weighted by Crippen LogP contribution is 2.39. The number of nitrogens with two attached hydrogens (primary N) is 1. The summed E-state index contributed by atoms with van der Waals surface area (Å²) in [5.74, 6) is 1.19. The van der Waals surface area contributed by atoms with Gasteiger partial charge in [-0.05, 0) is 43.9 Å². The molecule has 3 rings (SSSR count). The van der Waals surface area contributed by atoms with Crippen molar-refractivity contribution in [1.82, 2.24) is 9.55 Å². The van der Waals surface area contributed by atoms with Crippen LogP contribution in [0.1, 0.15) is 43.6 Å². The zero-order chi connectivity index (χ0) is 14.1. The largest absolute Gasteiger partial charge is 0.382 e. The molecule has 1 heterocycles. The molecule has 0 saturated heterocycles. The molecule has 1 atom stereocenters. The highest BCUT2D eigenvalue weighted by molar-refractivity contribution is 5.77. The third-order valence-corrected chi connectivity index (χ3v) is 4.15. The zero-order valence-corrected chi connectivity index (χ0v) is 12.3. The van der Waals surface area contributed by atoms with Crippen molar-refractivity contribution in [1.29, 1.82) is 0 Å². The monoisotopic (exact) mass is 273 g/mol. The average Bonchev–Trinajstić information content (AvgIpc) is 3.24. The second-order valence-corrected chi connectivity index (χ2v) is 5.74. The SMILES string of the molecule is COC(C)CCc1nc2cc(CN)ccc2n1C1CC1. The molecule has 0 amide bonds. The van der Waals surface area contributed by atoms with Crippen LogP contribution in [-0.4, -0.2) is 22.8 Å². The Morgan fingerprint density at radius 1 is 1.45 bits per heavy atom. The first-order valence-corrected chi connectivity index (χ1v) is 7.45. The van der Waals surface area contributed by atoms with E-state index in [0.717, 1.165) is 23.9 Å². The Morgan fingerprint density at radius 2 is 2.25 bits per heavy atom. The minimum Gasteiger partial charge on any atom is -0.382 e. The van der Waals surface area contributed by atoms with E-state index in [1.807, 2.05) is 0 Å². The van der Waals surface area contributed by atoms with Gasteiger partial charge in [0.15, 0.2) is 0 Å². The molecule has 4 heteroatoms. The van der Waals surface area contributed by atoms with E-state index in [4.69, 9.17) is 15.5 Å². The summed E-state index contributed by atoms with van der Waals surface area (Å²) in [5, 5.41) is 0. The fourth-order valence-corrected chi connectivity index (χ4v) is 2.69. The number of ether oxygens (including phenoxy) is 1. The lowest BCUT2D eigenvalue weighted by molar-refractivity contribution is 0.110. The molecule has 2 N–H and O–H groups in total. The molecular weight excluding hydrogens is 250 g/mol. The number of aromatic nitrogens is 2. The maximum absolute atomic E-state index is 5.72. The summed E-state index contributed by atoms with van der Waals surface area (Å²) < 4.78 is 7.77. The predicted octanol–water partition coefficient (Wildman–Crippen LogP) is 2.80. The molecule has 1 fully saturated rings. The van der Waals surface area contributed by atoms with Gasteiger partial charge in [0.2, 0.25) is 0 Å². The van der Waals surface area contributed by atoms with Crippen LogP contribution in [0.15, 0.2) is 18.2 Å². The van der Waals surface area contributed by atoms with Crippen LogP contribution in [0, 0.1) is 0 Å². The van der Waals surface area contributed by atoms with Crippen LogP contribution in [0.5, 0.6) is 0 Å². The van der Waals surface area contributed by atoms with Gasteiger partial charge in [-0.25, -0.2) is 4.98 Å². The van der Waals surface area contributed by atoms with Gasteiger partial charge in [-0.2, -0.15) is 0 Å². The Hall–Kier alpha value is -1.39. The minimum absolute atomic E-state index is 0.280. The standard InChI is InChI=1S/C16H23N3O/c1-11(20-2)3-8-16-18-14-9-12(10-17)4-7-15(14)19(16)13-5-6-13/h4,7,9,11,13H,3,5-6,8,10,17H2,1-2H3. The van der Waals surface area contributed by atoms with Crippen molar-refractivity contribution in [3.63, 3.8) is 0 Å². The van der Waals surface area contributed by atoms with Crippen molar-refractivity contribution in [3.8, 4) is 0 Å². The first kappa shape index (κ1) is 13.6. The minimum atomic E-state index is 0.280. The quantitative estimate of drug-likeness (QED) is 0.880. The molecule has 0 bridgehead atoms. The molecule has 0 radical (unpaired) electrons. The number of aryl methyl sites for hydroxylation is 1. The molecule has 1 aliphatic carbocycles. The molecule has 1 aliphatic rings. The summed E-state index contributed by atoms with van der Waals surface area (Å²) in [6.07, 6.45) is 4.81. The number of hydrogen-bond acceptors (Lipinski definition) is 3. The van der Waals surface area contributed by atoms with Crippen molar-refractivity contribution in [2.45, 2.75) is 51.3 Å². The number of hydrogen-bond donors (Lipinski definition) is 1. The summed E-state index contributed by atoms with van der Waals surface area (Å²) in [6.45, 7) is 2.68. The molecule has 2 aromatic rings. The Kier molecular flexibility index (Phi) is 3.76. The summed E-state index contributed by atoms with van der Waals surface area (Å²) in [5.41, 5.74) is 9.21. The van der Waals surface area contributed by atoms with Crippen molar-refractivity contribution >= 4 is 11.0 Å². The fourth-order valence-electron chi connectivity index (χ4n) is 2.69. The second-order valence-electron chi connectivity index (χ2n) is 5.74. The smallest absolute Gasteiger partial charge is 0.110 e. The van der Waals surface area contributed by atoms with E-state index in [0.29, 0.717) is 12.6 Å². The van der Waals surface area contributed by atoms with E-state index < -0.39 is 0 Å². The first-order chi connectivity index (χ1) is 9.72. The highest BCUT2D eigenvalue weighted by atomic mass is 16.5. The van der Waals surface area contributed by atoms with Gasteiger partial charge in [0.1, 0.15) is 5.82 Å². The summed E-state index contributed by atoms with van der Waals surface area (Å²) in [7, 11) is 1.77. The molecule has 1 unspecified atom stereocenters. The van der Waals surface area contributed by atoms with Crippen molar-refractivity contribution in [2.24, 2.45) is 5.73 Å². The van der Waals surface area contributed by atoms with Crippen LogP contribution >= 0.6 is 0 Å². The van der Waals surface area contributed by atoms with Gasteiger partial charge in [0.05, 0.1) is 17.1 Å².